The van der Waals surface area contributed by atoms with Crippen molar-refractivity contribution < 1.29 is 27.7 Å². The number of nitrogens with one attached hydrogen (secondary N) is 1. The van der Waals surface area contributed by atoms with Crippen molar-refractivity contribution in [3.8, 4) is 0 Å². The number of hydrogen-bond acceptors (Lipinski definition) is 6. The molecular weight excluding hydrogens is 473 g/mol. The number of nitro groups is 1. The van der Waals surface area contributed by atoms with Gasteiger partial charge in [0.15, 0.2) is 5.13 Å². The minimum atomic E-state index is -4.57. The lowest BCUT2D eigenvalue weighted by Crippen LogP contribution is -2.23. The van der Waals surface area contributed by atoms with Crippen LogP contribution in [0.25, 0.3) is 6.08 Å². The number of carbonyl (C=O) groups is 2. The predicted molar refractivity (Wildman–Crippen MR) is 122 cm³/mol. The molecule has 0 spiro atoms. The summed E-state index contributed by atoms with van der Waals surface area (Å²) in [6.07, 6.45) is -2.06. The molecule has 0 aliphatic rings. The molecular formula is C22H17F3N4O4S. The lowest BCUT2D eigenvalue weighted by molar-refractivity contribution is -0.384. The molecule has 2 aromatic carbocycles. The molecule has 1 heterocycles. The number of nitro benzene ring substituents is 1. The Morgan fingerprint density at radius 1 is 1.21 bits per heavy atom. The molecule has 8 nitrogen and oxygen atoms in total. The van der Waals surface area contributed by atoms with Crippen molar-refractivity contribution in [1.82, 2.24) is 4.98 Å². The number of rotatable bonds is 6. The van der Waals surface area contributed by atoms with Gasteiger partial charge in [-0.1, -0.05) is 12.1 Å². The van der Waals surface area contributed by atoms with Gasteiger partial charge in [-0.3, -0.25) is 24.6 Å². The van der Waals surface area contributed by atoms with E-state index < -0.39 is 28.5 Å². The maximum Gasteiger partial charge on any atom is 0.416 e. The molecule has 1 N–H and O–H groups in total. The fourth-order valence-electron chi connectivity index (χ4n) is 2.90. The number of alkyl halides is 3. The summed E-state index contributed by atoms with van der Waals surface area (Å²) in [6.45, 7) is 2.88. The molecule has 2 amide bonds. The molecule has 0 saturated heterocycles. The Bertz CT molecular complexity index is 1290. The van der Waals surface area contributed by atoms with Gasteiger partial charge in [0.2, 0.25) is 11.8 Å². The molecule has 0 fully saturated rings. The summed E-state index contributed by atoms with van der Waals surface area (Å²) in [4.78, 5) is 40.0. The largest absolute Gasteiger partial charge is 0.416 e. The number of carbonyl (C=O) groups excluding carboxylic acids is 2. The van der Waals surface area contributed by atoms with Gasteiger partial charge < -0.3 is 5.32 Å². The van der Waals surface area contributed by atoms with E-state index in [0.29, 0.717) is 11.3 Å². The van der Waals surface area contributed by atoms with Gasteiger partial charge in [0.25, 0.3) is 5.69 Å². The van der Waals surface area contributed by atoms with Crippen LogP contribution in [0.2, 0.25) is 0 Å². The number of amides is 2. The molecule has 0 bridgehead atoms. The quantitative estimate of drug-likeness (QED) is 0.270. The summed E-state index contributed by atoms with van der Waals surface area (Å²) in [5.41, 5.74) is 0.126. The van der Waals surface area contributed by atoms with Crippen LogP contribution in [0.15, 0.2) is 53.9 Å². The van der Waals surface area contributed by atoms with E-state index in [1.54, 1.807) is 6.92 Å². The number of halogens is 3. The molecule has 34 heavy (non-hydrogen) atoms. The van der Waals surface area contributed by atoms with E-state index in [1.807, 2.05) is 0 Å². The molecule has 3 aromatic rings. The first-order valence-electron chi connectivity index (χ1n) is 9.63. The van der Waals surface area contributed by atoms with E-state index in [4.69, 9.17) is 0 Å². The van der Waals surface area contributed by atoms with Crippen molar-refractivity contribution >= 4 is 51.4 Å². The zero-order chi connectivity index (χ0) is 25.0. The Morgan fingerprint density at radius 2 is 1.94 bits per heavy atom. The Balaban J connectivity index is 1.79. The fraction of sp³-hybridized carbons (Fsp3) is 0.136. The molecule has 176 valence electrons. The molecule has 0 radical (unpaired) electrons. The number of thiazole rings is 1. The van der Waals surface area contributed by atoms with Crippen LogP contribution in [0, 0.1) is 17.0 Å². The van der Waals surface area contributed by atoms with Crippen LogP contribution in [0.4, 0.5) is 35.4 Å². The SMILES string of the molecule is CC(=O)N(c1cccc(C(F)(F)F)c1)c1nc(/C=C/C(=O)Nc2cc([N+](=O)[O-])ccc2C)cs1. The maximum absolute atomic E-state index is 13.1. The second-order valence-corrected chi connectivity index (χ2v) is 7.87. The highest BCUT2D eigenvalue weighted by atomic mass is 32.1. The number of non-ortho nitro benzene ring substituents is 1. The Kier molecular flexibility index (Phi) is 7.11. The Morgan fingerprint density at radius 3 is 2.59 bits per heavy atom. The van der Waals surface area contributed by atoms with E-state index in [9.17, 15) is 32.9 Å². The zero-order valence-corrected chi connectivity index (χ0v) is 18.6. The van der Waals surface area contributed by atoms with E-state index in [2.05, 4.69) is 10.3 Å². The monoisotopic (exact) mass is 490 g/mol. The third-order valence-electron chi connectivity index (χ3n) is 4.54. The summed E-state index contributed by atoms with van der Waals surface area (Å²) in [7, 11) is 0. The summed E-state index contributed by atoms with van der Waals surface area (Å²) >= 11 is 1.01. The van der Waals surface area contributed by atoms with Crippen molar-refractivity contribution in [2.75, 3.05) is 10.2 Å². The van der Waals surface area contributed by atoms with Crippen LogP contribution in [-0.2, 0) is 15.8 Å². The van der Waals surface area contributed by atoms with Crippen molar-refractivity contribution in [2.45, 2.75) is 20.0 Å². The summed E-state index contributed by atoms with van der Waals surface area (Å²) in [6, 6.07) is 8.39. The number of nitrogens with zero attached hydrogens (tertiary/aromatic N) is 3. The number of aryl methyl sites for hydroxylation is 1. The predicted octanol–water partition coefficient (Wildman–Crippen LogP) is 5.72. The van der Waals surface area contributed by atoms with Crippen molar-refractivity contribution in [1.29, 1.82) is 0 Å². The highest BCUT2D eigenvalue weighted by Crippen LogP contribution is 2.35. The van der Waals surface area contributed by atoms with E-state index >= 15 is 0 Å². The van der Waals surface area contributed by atoms with Crippen LogP contribution in [0.5, 0.6) is 0 Å². The van der Waals surface area contributed by atoms with Gasteiger partial charge in [-0.25, -0.2) is 4.98 Å². The summed E-state index contributed by atoms with van der Waals surface area (Å²) < 4.78 is 39.2. The number of hydrogen-bond donors (Lipinski definition) is 1. The van der Waals surface area contributed by atoms with E-state index in [-0.39, 0.29) is 22.2 Å². The molecule has 1 aromatic heterocycles. The second kappa shape index (κ2) is 9.83. The highest BCUT2D eigenvalue weighted by Gasteiger charge is 2.31. The van der Waals surface area contributed by atoms with Crippen LogP contribution in [0.1, 0.15) is 23.7 Å². The average Bonchev–Trinajstić information content (AvgIpc) is 3.21. The molecule has 0 saturated carbocycles. The number of benzene rings is 2. The summed E-state index contributed by atoms with van der Waals surface area (Å²) in [5.74, 6) is -1.11. The third-order valence-corrected chi connectivity index (χ3v) is 5.39. The molecule has 0 unspecified atom stereocenters. The minimum Gasteiger partial charge on any atom is -0.322 e. The fourth-order valence-corrected chi connectivity index (χ4v) is 3.75. The van der Waals surface area contributed by atoms with Gasteiger partial charge >= 0.3 is 6.18 Å². The number of anilines is 3. The number of aromatic nitrogens is 1. The second-order valence-electron chi connectivity index (χ2n) is 7.04. The topological polar surface area (TPSA) is 105 Å². The lowest BCUT2D eigenvalue weighted by atomic mass is 10.2. The standard InChI is InChI=1S/C22H17F3N4O4S/c1-13-6-8-18(29(32)33)11-19(13)27-20(31)9-7-16-12-34-21(26-16)28(14(2)30)17-5-3-4-15(10-17)22(23,24)25/h3-12H,1-2H3,(H,27,31)/b9-7+. The van der Waals surface area contributed by atoms with Crippen LogP contribution >= 0.6 is 11.3 Å². The normalized spacial score (nSPS) is 11.4. The highest BCUT2D eigenvalue weighted by molar-refractivity contribution is 7.14. The van der Waals surface area contributed by atoms with Gasteiger partial charge in [0, 0.05) is 30.5 Å². The van der Waals surface area contributed by atoms with Crippen molar-refractivity contribution in [3.05, 3.63) is 80.9 Å². The van der Waals surface area contributed by atoms with E-state index in [1.165, 1.54) is 48.7 Å². The minimum absolute atomic E-state index is 0.00564. The summed E-state index contributed by atoms with van der Waals surface area (Å²) in [5, 5.41) is 15.1. The Labute approximate surface area is 195 Å². The lowest BCUT2D eigenvalue weighted by Gasteiger charge is -2.19. The van der Waals surface area contributed by atoms with Crippen molar-refractivity contribution in [3.63, 3.8) is 0 Å². The molecule has 3 rings (SSSR count). The smallest absolute Gasteiger partial charge is 0.322 e. The first-order chi connectivity index (χ1) is 16.0. The van der Waals surface area contributed by atoms with Gasteiger partial charge in [-0.15, -0.1) is 11.3 Å². The first kappa shape index (κ1) is 24.6. The third kappa shape index (κ3) is 5.84. The van der Waals surface area contributed by atoms with Gasteiger partial charge in [0.05, 0.1) is 27.6 Å². The molecule has 0 aliphatic carbocycles. The molecule has 12 heteroatoms. The average molecular weight is 490 g/mol. The maximum atomic E-state index is 13.1. The van der Waals surface area contributed by atoms with Crippen LogP contribution < -0.4 is 10.2 Å². The Hall–Kier alpha value is -4.06. The van der Waals surface area contributed by atoms with E-state index in [0.717, 1.165) is 34.4 Å². The zero-order valence-electron chi connectivity index (χ0n) is 17.8. The molecule has 0 aliphatic heterocycles. The van der Waals surface area contributed by atoms with Gasteiger partial charge in [-0.2, -0.15) is 13.2 Å². The van der Waals surface area contributed by atoms with Gasteiger partial charge in [-0.05, 0) is 36.8 Å². The molecule has 0 atom stereocenters. The van der Waals surface area contributed by atoms with Gasteiger partial charge in [0.1, 0.15) is 0 Å². The van der Waals surface area contributed by atoms with Crippen LogP contribution in [0.3, 0.4) is 0 Å². The van der Waals surface area contributed by atoms with Crippen molar-refractivity contribution in [2.24, 2.45) is 0 Å². The van der Waals surface area contributed by atoms with Crippen LogP contribution in [-0.4, -0.2) is 21.7 Å². The first-order valence-corrected chi connectivity index (χ1v) is 10.5.